The lowest BCUT2D eigenvalue weighted by atomic mass is 9.93. The number of amides is 1. The quantitative estimate of drug-likeness (QED) is 0.664. The fourth-order valence-corrected chi connectivity index (χ4v) is 4.79. The predicted octanol–water partition coefficient (Wildman–Crippen LogP) is 1.41. The van der Waals surface area contributed by atoms with Crippen LogP contribution < -0.4 is 30.9 Å². The first-order chi connectivity index (χ1) is 15.5. The number of piperazine rings is 1. The normalized spacial score (nSPS) is 26.3. The van der Waals surface area contributed by atoms with Crippen molar-refractivity contribution in [1.29, 1.82) is 0 Å². The second-order valence-electron chi connectivity index (χ2n) is 8.64. The lowest BCUT2D eigenvalue weighted by Crippen LogP contribution is -2.60. The maximum atomic E-state index is 14.7. The van der Waals surface area contributed by atoms with Gasteiger partial charge in [-0.15, -0.1) is 0 Å². The Bertz CT molecular complexity index is 996. The molecule has 3 aliphatic rings. The molecule has 32 heavy (non-hydrogen) atoms. The summed E-state index contributed by atoms with van der Waals surface area (Å²) in [6, 6.07) is 12.7. The van der Waals surface area contributed by atoms with E-state index in [0.29, 0.717) is 5.75 Å². The third kappa shape index (κ3) is 3.81. The number of methoxy groups -OCH3 is 1. The molecule has 0 saturated carbocycles. The van der Waals surface area contributed by atoms with Crippen LogP contribution in [0.15, 0.2) is 42.5 Å². The molecule has 3 aliphatic heterocycles. The van der Waals surface area contributed by atoms with Gasteiger partial charge >= 0.3 is 0 Å². The Morgan fingerprint density at radius 1 is 1.06 bits per heavy atom. The van der Waals surface area contributed by atoms with Gasteiger partial charge < -0.3 is 14.5 Å². The molecule has 3 fully saturated rings. The van der Waals surface area contributed by atoms with E-state index in [9.17, 15) is 9.18 Å². The van der Waals surface area contributed by atoms with Gasteiger partial charge in [0.15, 0.2) is 5.82 Å². The van der Waals surface area contributed by atoms with E-state index >= 15 is 0 Å². The third-order valence-electron chi connectivity index (χ3n) is 6.63. The summed E-state index contributed by atoms with van der Waals surface area (Å²) in [5.41, 5.74) is 12.3. The van der Waals surface area contributed by atoms with Gasteiger partial charge in [0.2, 0.25) is 5.91 Å². The molecule has 3 unspecified atom stereocenters. The van der Waals surface area contributed by atoms with Gasteiger partial charge in [0.25, 0.3) is 0 Å². The number of benzene rings is 2. The molecule has 0 aromatic heterocycles. The SMILES string of the molecule is COc1cccc(F)c1N1NC2C(CC1=O)NNC2c1cccc(N2CCN(C)CC2)c1. The molecule has 3 heterocycles. The summed E-state index contributed by atoms with van der Waals surface area (Å²) in [6.45, 7) is 4.08. The number of halogens is 1. The molecule has 0 radical (unpaired) electrons. The number of carbonyl (C=O) groups excluding carboxylic acids is 1. The number of ether oxygens (including phenoxy) is 1. The average molecular weight is 441 g/mol. The summed E-state index contributed by atoms with van der Waals surface area (Å²) in [5, 5.41) is 1.31. The van der Waals surface area contributed by atoms with Gasteiger partial charge in [-0.3, -0.25) is 10.2 Å². The Morgan fingerprint density at radius 3 is 2.62 bits per heavy atom. The van der Waals surface area contributed by atoms with Crippen molar-refractivity contribution >= 4 is 17.3 Å². The lowest BCUT2D eigenvalue weighted by Gasteiger charge is -2.37. The number of rotatable bonds is 4. The van der Waals surface area contributed by atoms with Crippen molar-refractivity contribution in [3.8, 4) is 5.75 Å². The van der Waals surface area contributed by atoms with E-state index in [1.165, 1.54) is 23.9 Å². The Labute approximate surface area is 187 Å². The first kappa shape index (κ1) is 21.1. The predicted molar refractivity (Wildman–Crippen MR) is 121 cm³/mol. The number of para-hydroxylation sites is 1. The minimum atomic E-state index is -0.504. The van der Waals surface area contributed by atoms with Gasteiger partial charge in [-0.2, -0.15) is 0 Å². The fraction of sp³-hybridized carbons (Fsp3) is 0.435. The molecule has 8 nitrogen and oxygen atoms in total. The van der Waals surface area contributed by atoms with Crippen molar-refractivity contribution in [2.75, 3.05) is 50.2 Å². The standard InChI is InChI=1S/C23H29FN6O2/c1-28-9-11-29(12-10-28)16-6-3-5-15(13-16)21-22-18(25-26-21)14-20(31)30(27-22)23-17(24)7-4-8-19(23)32-2/h3-8,13,18,21-22,25-27H,9-12,14H2,1-2H3. The van der Waals surface area contributed by atoms with E-state index in [1.54, 1.807) is 12.1 Å². The smallest absolute Gasteiger partial charge is 0.243 e. The van der Waals surface area contributed by atoms with Crippen molar-refractivity contribution < 1.29 is 13.9 Å². The van der Waals surface area contributed by atoms with Gasteiger partial charge in [-0.05, 0) is 36.9 Å². The van der Waals surface area contributed by atoms with E-state index in [1.807, 2.05) is 0 Å². The molecule has 3 saturated heterocycles. The minimum absolute atomic E-state index is 0.0826. The van der Waals surface area contributed by atoms with Crippen LogP contribution >= 0.6 is 0 Å². The van der Waals surface area contributed by atoms with Crippen LogP contribution in [0.1, 0.15) is 18.0 Å². The monoisotopic (exact) mass is 440 g/mol. The summed E-state index contributed by atoms with van der Waals surface area (Å²) in [4.78, 5) is 17.6. The Hall–Kier alpha value is -2.72. The van der Waals surface area contributed by atoms with E-state index in [0.717, 1.165) is 31.7 Å². The number of anilines is 2. The molecule has 0 aliphatic carbocycles. The number of fused-ring (bicyclic) bond motifs is 1. The summed E-state index contributed by atoms with van der Waals surface area (Å²) in [6.07, 6.45) is 0.247. The zero-order valence-corrected chi connectivity index (χ0v) is 18.3. The summed E-state index contributed by atoms with van der Waals surface area (Å²) < 4.78 is 20.0. The van der Waals surface area contributed by atoms with Crippen LogP contribution in [0.2, 0.25) is 0 Å². The molecule has 9 heteroatoms. The van der Waals surface area contributed by atoms with Gasteiger partial charge in [-0.1, -0.05) is 18.2 Å². The topological polar surface area (TPSA) is 72.1 Å². The molecular weight excluding hydrogens is 411 g/mol. The maximum Gasteiger partial charge on any atom is 0.243 e. The molecule has 170 valence electrons. The number of nitrogens with one attached hydrogen (secondary N) is 3. The zero-order valence-electron chi connectivity index (χ0n) is 18.3. The maximum absolute atomic E-state index is 14.7. The number of hydrazine groups is 2. The van der Waals surface area contributed by atoms with Crippen LogP contribution in [0.25, 0.3) is 0 Å². The highest BCUT2D eigenvalue weighted by Gasteiger charge is 2.45. The van der Waals surface area contributed by atoms with Crippen LogP contribution in [0.4, 0.5) is 15.8 Å². The highest BCUT2D eigenvalue weighted by Crippen LogP contribution is 2.35. The van der Waals surface area contributed by atoms with Crippen molar-refractivity contribution in [1.82, 2.24) is 21.2 Å². The van der Waals surface area contributed by atoms with Crippen molar-refractivity contribution in [3.63, 3.8) is 0 Å². The van der Waals surface area contributed by atoms with Gasteiger partial charge in [0, 0.05) is 44.3 Å². The first-order valence-electron chi connectivity index (χ1n) is 11.0. The Kier molecular flexibility index (Phi) is 5.73. The van der Waals surface area contributed by atoms with E-state index in [2.05, 4.69) is 57.4 Å². The minimum Gasteiger partial charge on any atom is -0.494 e. The molecule has 5 rings (SSSR count). The van der Waals surface area contributed by atoms with Crippen LogP contribution in [0, 0.1) is 5.82 Å². The number of hydrogen-bond donors (Lipinski definition) is 3. The molecule has 1 amide bonds. The van der Waals surface area contributed by atoms with E-state index in [-0.39, 0.29) is 36.1 Å². The third-order valence-corrected chi connectivity index (χ3v) is 6.63. The molecular formula is C23H29FN6O2. The van der Waals surface area contributed by atoms with Crippen LogP contribution in [-0.2, 0) is 4.79 Å². The lowest BCUT2D eigenvalue weighted by molar-refractivity contribution is -0.121. The Balaban J connectivity index is 1.40. The number of likely N-dealkylation sites (N-methyl/N-ethyl adjacent to an activating group) is 1. The van der Waals surface area contributed by atoms with Crippen molar-refractivity contribution in [2.45, 2.75) is 24.5 Å². The van der Waals surface area contributed by atoms with Crippen molar-refractivity contribution in [2.24, 2.45) is 0 Å². The number of nitrogens with zero attached hydrogens (tertiary/aromatic N) is 3. The molecule has 0 bridgehead atoms. The Morgan fingerprint density at radius 2 is 1.84 bits per heavy atom. The largest absolute Gasteiger partial charge is 0.494 e. The fourth-order valence-electron chi connectivity index (χ4n) is 4.79. The first-order valence-corrected chi connectivity index (χ1v) is 11.0. The highest BCUT2D eigenvalue weighted by molar-refractivity contribution is 5.95. The summed E-state index contributed by atoms with van der Waals surface area (Å²) in [5.74, 6) is -0.399. The molecule has 3 N–H and O–H groups in total. The second-order valence-corrected chi connectivity index (χ2v) is 8.64. The number of hydrogen-bond acceptors (Lipinski definition) is 7. The summed E-state index contributed by atoms with van der Waals surface area (Å²) in [7, 11) is 3.62. The van der Waals surface area contributed by atoms with Gasteiger partial charge in [0.05, 0.1) is 19.2 Å². The number of carbonyl (C=O) groups is 1. The van der Waals surface area contributed by atoms with Crippen LogP contribution in [0.5, 0.6) is 5.75 Å². The van der Waals surface area contributed by atoms with Gasteiger partial charge in [-0.25, -0.2) is 20.3 Å². The zero-order chi connectivity index (χ0) is 22.2. The van der Waals surface area contributed by atoms with Crippen molar-refractivity contribution in [3.05, 3.63) is 53.8 Å². The highest BCUT2D eigenvalue weighted by atomic mass is 19.1. The van der Waals surface area contributed by atoms with Crippen LogP contribution in [-0.4, -0.2) is 63.2 Å². The van der Waals surface area contributed by atoms with E-state index < -0.39 is 5.82 Å². The second kappa shape index (κ2) is 8.67. The molecule has 2 aromatic rings. The van der Waals surface area contributed by atoms with E-state index in [4.69, 9.17) is 4.74 Å². The summed E-state index contributed by atoms with van der Waals surface area (Å²) >= 11 is 0. The molecule has 3 atom stereocenters. The van der Waals surface area contributed by atoms with Gasteiger partial charge in [0.1, 0.15) is 11.4 Å². The molecule has 0 spiro atoms. The van der Waals surface area contributed by atoms with Crippen LogP contribution in [0.3, 0.4) is 0 Å². The average Bonchev–Trinajstić information content (AvgIpc) is 3.21. The molecule has 2 aromatic carbocycles.